The van der Waals surface area contributed by atoms with E-state index in [1.165, 1.54) is 31.7 Å². The van der Waals surface area contributed by atoms with Crippen molar-refractivity contribution in [3.8, 4) is 22.5 Å². The van der Waals surface area contributed by atoms with E-state index in [1.807, 2.05) is 24.3 Å². The number of H-pyrrole nitrogens is 1. The highest BCUT2D eigenvalue weighted by atomic mass is 19.1. The van der Waals surface area contributed by atoms with Gasteiger partial charge in [-0.25, -0.2) is 18.7 Å². The van der Waals surface area contributed by atoms with Crippen molar-refractivity contribution in [2.45, 2.75) is 38.6 Å². The maximum absolute atomic E-state index is 14.5. The van der Waals surface area contributed by atoms with Crippen LogP contribution in [-0.2, 0) is 0 Å². The topological polar surface area (TPSA) is 53.6 Å². The van der Waals surface area contributed by atoms with Crippen LogP contribution in [0.2, 0.25) is 0 Å². The summed E-state index contributed by atoms with van der Waals surface area (Å²) in [6.07, 6.45) is 6.79. The summed E-state index contributed by atoms with van der Waals surface area (Å²) in [5.74, 6) is 1.92. The maximum atomic E-state index is 14.5. The first kappa shape index (κ1) is 22.4. The Bertz CT molecular complexity index is 1620. The number of hydrogen-bond donors (Lipinski definition) is 2. The smallest absolute Gasteiger partial charge is 0.164 e. The van der Waals surface area contributed by atoms with Crippen molar-refractivity contribution < 1.29 is 8.78 Å². The van der Waals surface area contributed by atoms with Crippen molar-refractivity contribution >= 4 is 27.6 Å². The molecule has 3 aliphatic rings. The molecule has 0 amide bonds. The predicted octanol–water partition coefficient (Wildman–Crippen LogP) is 7.96. The number of nitrogens with one attached hydrogen (secondary N) is 2. The molecule has 5 aromatic rings. The SMILES string of the molecule is CC1C2CCC(CC2)C1Nc1nc(-c2c[nH]c3c(F)cc(F)cc23)nc2c(-c3ccccc3)cccc12. The highest BCUT2D eigenvalue weighted by Gasteiger charge is 2.41. The minimum atomic E-state index is -0.627. The third-order valence-corrected chi connectivity index (χ3v) is 8.70. The van der Waals surface area contributed by atoms with E-state index < -0.39 is 11.6 Å². The summed E-state index contributed by atoms with van der Waals surface area (Å²) in [6, 6.07) is 18.9. The first-order chi connectivity index (χ1) is 18.1. The Morgan fingerprint density at radius 2 is 1.62 bits per heavy atom. The molecule has 2 bridgehead atoms. The zero-order valence-electron chi connectivity index (χ0n) is 20.6. The number of rotatable bonds is 4. The van der Waals surface area contributed by atoms with Crippen LogP contribution in [0.4, 0.5) is 14.6 Å². The van der Waals surface area contributed by atoms with Crippen LogP contribution in [0.1, 0.15) is 32.6 Å². The first-order valence-corrected chi connectivity index (χ1v) is 13.2. The fraction of sp³-hybridized carbons (Fsp3) is 0.290. The molecule has 3 saturated carbocycles. The summed E-state index contributed by atoms with van der Waals surface area (Å²) in [4.78, 5) is 13.0. The van der Waals surface area contributed by atoms with Crippen molar-refractivity contribution in [2.75, 3.05) is 5.32 Å². The van der Waals surface area contributed by atoms with Crippen LogP contribution in [0.3, 0.4) is 0 Å². The summed E-state index contributed by atoms with van der Waals surface area (Å²) in [5, 5.41) is 5.24. The van der Waals surface area contributed by atoms with Gasteiger partial charge in [-0.15, -0.1) is 0 Å². The standard InChI is InChI=1S/C31H28F2N4/c1-17-18-10-12-20(13-11-18)27(17)35-30-23-9-5-8-22(19-6-3-2-4-7-19)28(23)36-31(37-30)25-16-34-29-24(25)14-21(32)15-26(29)33/h2-9,14-18,20,27,34H,10-13H2,1H3,(H,35,36,37). The lowest BCUT2D eigenvalue weighted by atomic mass is 9.62. The molecule has 2 aromatic heterocycles. The Labute approximate surface area is 214 Å². The Kier molecular flexibility index (Phi) is 5.24. The summed E-state index contributed by atoms with van der Waals surface area (Å²) in [7, 11) is 0. The number of para-hydroxylation sites is 1. The van der Waals surface area contributed by atoms with Crippen molar-refractivity contribution in [2.24, 2.45) is 17.8 Å². The van der Waals surface area contributed by atoms with E-state index in [4.69, 9.17) is 9.97 Å². The molecule has 37 heavy (non-hydrogen) atoms. The molecule has 0 saturated heterocycles. The number of aromatic nitrogens is 3. The highest BCUT2D eigenvalue weighted by Crippen LogP contribution is 2.46. The maximum Gasteiger partial charge on any atom is 0.164 e. The van der Waals surface area contributed by atoms with Gasteiger partial charge in [0.05, 0.1) is 11.0 Å². The Morgan fingerprint density at radius 3 is 2.41 bits per heavy atom. The molecule has 2 atom stereocenters. The average Bonchev–Trinajstić information content (AvgIpc) is 3.35. The normalized spacial score (nSPS) is 23.1. The number of nitrogens with zero attached hydrogens (tertiary/aromatic N) is 2. The summed E-state index contributed by atoms with van der Waals surface area (Å²) in [5.41, 5.74) is 3.72. The van der Waals surface area contributed by atoms with Crippen LogP contribution in [0, 0.1) is 29.4 Å². The number of halogens is 2. The molecule has 3 fully saturated rings. The van der Waals surface area contributed by atoms with Crippen molar-refractivity contribution in [3.63, 3.8) is 0 Å². The molecule has 0 spiro atoms. The number of hydrogen-bond acceptors (Lipinski definition) is 3. The van der Waals surface area contributed by atoms with E-state index in [9.17, 15) is 8.78 Å². The molecular formula is C31H28F2N4. The van der Waals surface area contributed by atoms with Gasteiger partial charge < -0.3 is 10.3 Å². The van der Waals surface area contributed by atoms with Crippen LogP contribution in [0.5, 0.6) is 0 Å². The van der Waals surface area contributed by atoms with E-state index in [0.717, 1.165) is 39.8 Å². The van der Waals surface area contributed by atoms with Gasteiger partial charge in [0.15, 0.2) is 5.82 Å². The quantitative estimate of drug-likeness (QED) is 0.266. The average molecular weight is 495 g/mol. The first-order valence-electron chi connectivity index (χ1n) is 13.2. The van der Waals surface area contributed by atoms with Gasteiger partial charge in [-0.3, -0.25) is 0 Å². The molecule has 0 radical (unpaired) electrons. The highest BCUT2D eigenvalue weighted by molar-refractivity contribution is 6.02. The molecule has 4 nitrogen and oxygen atoms in total. The number of benzene rings is 3. The lowest BCUT2D eigenvalue weighted by Crippen LogP contribution is -2.47. The number of fused-ring (bicyclic) bond motifs is 5. The predicted molar refractivity (Wildman–Crippen MR) is 144 cm³/mol. The molecule has 3 aromatic carbocycles. The molecule has 2 N–H and O–H groups in total. The van der Waals surface area contributed by atoms with Gasteiger partial charge in [-0.2, -0.15) is 0 Å². The third kappa shape index (κ3) is 3.69. The Hall–Kier alpha value is -3.80. The van der Waals surface area contributed by atoms with Crippen LogP contribution < -0.4 is 5.32 Å². The fourth-order valence-electron chi connectivity index (χ4n) is 6.73. The lowest BCUT2D eigenvalue weighted by Gasteiger charge is -2.47. The fourth-order valence-corrected chi connectivity index (χ4v) is 6.73. The van der Waals surface area contributed by atoms with Gasteiger partial charge in [0.2, 0.25) is 0 Å². The molecule has 8 rings (SSSR count). The summed E-state index contributed by atoms with van der Waals surface area (Å²) in [6.45, 7) is 2.36. The minimum Gasteiger partial charge on any atom is -0.366 e. The lowest BCUT2D eigenvalue weighted by molar-refractivity contribution is 0.0929. The molecule has 2 unspecified atom stereocenters. The summed E-state index contributed by atoms with van der Waals surface area (Å²) >= 11 is 0. The molecule has 0 aliphatic heterocycles. The van der Waals surface area contributed by atoms with E-state index in [1.54, 1.807) is 6.20 Å². The second-order valence-electron chi connectivity index (χ2n) is 10.7. The molecule has 6 heteroatoms. The van der Waals surface area contributed by atoms with Gasteiger partial charge in [-0.1, -0.05) is 49.4 Å². The van der Waals surface area contributed by atoms with Gasteiger partial charge in [0.25, 0.3) is 0 Å². The van der Waals surface area contributed by atoms with E-state index >= 15 is 0 Å². The van der Waals surface area contributed by atoms with E-state index in [-0.39, 0.29) is 5.52 Å². The monoisotopic (exact) mass is 494 g/mol. The zero-order valence-corrected chi connectivity index (χ0v) is 20.6. The van der Waals surface area contributed by atoms with Crippen molar-refractivity contribution in [1.82, 2.24) is 15.0 Å². The van der Waals surface area contributed by atoms with Crippen molar-refractivity contribution in [1.29, 1.82) is 0 Å². The van der Waals surface area contributed by atoms with E-state index in [0.29, 0.717) is 34.7 Å². The second-order valence-corrected chi connectivity index (χ2v) is 10.7. The largest absolute Gasteiger partial charge is 0.366 e. The summed E-state index contributed by atoms with van der Waals surface area (Å²) < 4.78 is 28.7. The molecule has 2 heterocycles. The van der Waals surface area contributed by atoms with Gasteiger partial charge in [0, 0.05) is 40.2 Å². The Morgan fingerprint density at radius 1 is 0.838 bits per heavy atom. The van der Waals surface area contributed by atoms with Crippen LogP contribution in [-0.4, -0.2) is 21.0 Å². The van der Waals surface area contributed by atoms with Gasteiger partial charge in [0.1, 0.15) is 17.5 Å². The van der Waals surface area contributed by atoms with Gasteiger partial charge in [-0.05, 0) is 61.1 Å². The van der Waals surface area contributed by atoms with Crippen LogP contribution in [0.15, 0.2) is 66.9 Å². The zero-order chi connectivity index (χ0) is 25.1. The Balaban J connectivity index is 1.45. The number of anilines is 1. The van der Waals surface area contributed by atoms with Gasteiger partial charge >= 0.3 is 0 Å². The van der Waals surface area contributed by atoms with E-state index in [2.05, 4.69) is 41.5 Å². The molecule has 186 valence electrons. The van der Waals surface area contributed by atoms with Crippen LogP contribution in [0.25, 0.3) is 44.3 Å². The second kappa shape index (κ2) is 8.65. The van der Waals surface area contributed by atoms with Crippen molar-refractivity contribution in [3.05, 3.63) is 78.5 Å². The molecule has 3 aliphatic carbocycles. The minimum absolute atomic E-state index is 0.254. The third-order valence-electron chi connectivity index (χ3n) is 8.70. The molecular weight excluding hydrogens is 466 g/mol. The van der Waals surface area contributed by atoms with Crippen LogP contribution >= 0.6 is 0 Å². The number of aromatic amines is 1.